The molecule has 23 heavy (non-hydrogen) atoms. The minimum Gasteiger partial charge on any atom is -0.369 e. The Morgan fingerprint density at radius 3 is 2.52 bits per heavy atom. The number of thiophene rings is 1. The molecule has 3 rings (SSSR count). The fourth-order valence-electron chi connectivity index (χ4n) is 2.70. The second kappa shape index (κ2) is 7.81. The molecule has 0 spiro atoms. The van der Waals surface area contributed by atoms with Crippen molar-refractivity contribution in [2.45, 2.75) is 0 Å². The van der Waals surface area contributed by atoms with Gasteiger partial charge < -0.3 is 10.2 Å². The highest BCUT2D eigenvalue weighted by atomic mass is 35.5. The lowest BCUT2D eigenvalue weighted by Gasteiger charge is -2.36. The maximum Gasteiger partial charge on any atom is 0.261 e. The van der Waals surface area contributed by atoms with E-state index in [0.717, 1.165) is 42.6 Å². The summed E-state index contributed by atoms with van der Waals surface area (Å²) in [6.07, 6.45) is 0. The maximum atomic E-state index is 11.9. The zero-order valence-electron chi connectivity index (χ0n) is 12.9. The van der Waals surface area contributed by atoms with Gasteiger partial charge in [0.05, 0.1) is 4.88 Å². The Hall–Kier alpha value is -1.56. The quantitative estimate of drug-likeness (QED) is 0.901. The van der Waals surface area contributed by atoms with Gasteiger partial charge in [0.2, 0.25) is 0 Å². The Bertz CT molecular complexity index is 622. The third-order valence-electron chi connectivity index (χ3n) is 4.02. The highest BCUT2D eigenvalue weighted by molar-refractivity contribution is 7.12. The van der Waals surface area contributed by atoms with Crippen molar-refractivity contribution in [1.29, 1.82) is 0 Å². The van der Waals surface area contributed by atoms with Crippen LogP contribution in [-0.2, 0) is 0 Å². The molecule has 0 unspecified atom stereocenters. The molecule has 1 aliphatic rings. The number of nitrogens with zero attached hydrogens (tertiary/aromatic N) is 2. The van der Waals surface area contributed by atoms with E-state index in [9.17, 15) is 4.79 Å². The average Bonchev–Trinajstić information content (AvgIpc) is 3.11. The largest absolute Gasteiger partial charge is 0.369 e. The van der Waals surface area contributed by atoms with E-state index in [-0.39, 0.29) is 5.91 Å². The number of anilines is 1. The monoisotopic (exact) mass is 349 g/mol. The molecule has 1 fully saturated rings. The summed E-state index contributed by atoms with van der Waals surface area (Å²) in [5, 5.41) is 5.68. The zero-order valence-corrected chi connectivity index (χ0v) is 14.4. The molecular weight excluding hydrogens is 330 g/mol. The first kappa shape index (κ1) is 16.3. The second-order valence-corrected chi connectivity index (χ2v) is 6.92. The van der Waals surface area contributed by atoms with Gasteiger partial charge in [-0.2, -0.15) is 0 Å². The van der Waals surface area contributed by atoms with Gasteiger partial charge in [-0.3, -0.25) is 9.69 Å². The van der Waals surface area contributed by atoms with E-state index in [2.05, 4.69) is 27.2 Å². The third kappa shape index (κ3) is 4.47. The molecular formula is C17H20ClN3OS. The van der Waals surface area contributed by atoms with Gasteiger partial charge in [0.1, 0.15) is 0 Å². The molecule has 0 atom stereocenters. The maximum absolute atomic E-state index is 11.9. The molecule has 1 saturated heterocycles. The average molecular weight is 350 g/mol. The molecule has 4 nitrogen and oxygen atoms in total. The van der Waals surface area contributed by atoms with Crippen LogP contribution in [0.4, 0.5) is 5.69 Å². The van der Waals surface area contributed by atoms with Gasteiger partial charge >= 0.3 is 0 Å². The van der Waals surface area contributed by atoms with E-state index in [1.807, 2.05) is 29.6 Å². The van der Waals surface area contributed by atoms with Crippen LogP contribution in [0.15, 0.2) is 41.8 Å². The van der Waals surface area contributed by atoms with Crippen LogP contribution < -0.4 is 10.2 Å². The first-order valence-electron chi connectivity index (χ1n) is 7.77. The smallest absolute Gasteiger partial charge is 0.261 e. The lowest BCUT2D eigenvalue weighted by Crippen LogP contribution is -2.48. The summed E-state index contributed by atoms with van der Waals surface area (Å²) in [5.41, 5.74) is 1.22. The standard InChI is InChI=1S/C17H20ClN3OS/c18-14-3-5-15(6-4-14)21-11-9-20(10-12-21)8-7-19-17(22)16-2-1-13-23-16/h1-6,13H,7-12H2,(H,19,22). The lowest BCUT2D eigenvalue weighted by molar-refractivity contribution is 0.0952. The molecule has 1 N–H and O–H groups in total. The summed E-state index contributed by atoms with van der Waals surface area (Å²) in [5.74, 6) is 0.0276. The first-order chi connectivity index (χ1) is 11.2. The van der Waals surface area contributed by atoms with E-state index >= 15 is 0 Å². The van der Waals surface area contributed by atoms with Crippen LogP contribution in [0.1, 0.15) is 9.67 Å². The van der Waals surface area contributed by atoms with Crippen LogP contribution in [-0.4, -0.2) is 50.1 Å². The number of carbonyl (C=O) groups excluding carboxylic acids is 1. The van der Waals surface area contributed by atoms with Gasteiger partial charge in [0.15, 0.2) is 0 Å². The van der Waals surface area contributed by atoms with Crippen molar-refractivity contribution in [2.75, 3.05) is 44.2 Å². The first-order valence-corrected chi connectivity index (χ1v) is 9.03. The van der Waals surface area contributed by atoms with Crippen molar-refractivity contribution in [1.82, 2.24) is 10.2 Å². The van der Waals surface area contributed by atoms with Crippen molar-refractivity contribution >= 4 is 34.5 Å². The number of nitrogens with one attached hydrogen (secondary N) is 1. The summed E-state index contributed by atoms with van der Waals surface area (Å²) < 4.78 is 0. The summed E-state index contributed by atoms with van der Waals surface area (Å²) in [4.78, 5) is 17.4. The topological polar surface area (TPSA) is 35.6 Å². The minimum atomic E-state index is 0.0276. The third-order valence-corrected chi connectivity index (χ3v) is 5.14. The summed E-state index contributed by atoms with van der Waals surface area (Å²) in [6.45, 7) is 5.61. The van der Waals surface area contributed by atoms with Crippen LogP contribution in [0.2, 0.25) is 5.02 Å². The molecule has 0 saturated carbocycles. The van der Waals surface area contributed by atoms with E-state index in [1.54, 1.807) is 0 Å². The number of carbonyl (C=O) groups is 1. The Morgan fingerprint density at radius 2 is 1.87 bits per heavy atom. The van der Waals surface area contributed by atoms with Crippen molar-refractivity contribution in [3.8, 4) is 0 Å². The molecule has 0 aliphatic carbocycles. The zero-order chi connectivity index (χ0) is 16.1. The van der Waals surface area contributed by atoms with Gasteiger partial charge in [-0.1, -0.05) is 17.7 Å². The summed E-state index contributed by atoms with van der Waals surface area (Å²) in [7, 11) is 0. The van der Waals surface area contributed by atoms with Crippen molar-refractivity contribution in [3.05, 3.63) is 51.7 Å². The molecule has 1 aromatic heterocycles. The van der Waals surface area contributed by atoms with Gasteiger partial charge in [-0.05, 0) is 35.7 Å². The Morgan fingerprint density at radius 1 is 1.13 bits per heavy atom. The molecule has 2 heterocycles. The number of benzene rings is 1. The number of piperazine rings is 1. The number of rotatable bonds is 5. The predicted octanol–water partition coefficient (Wildman–Crippen LogP) is 2.95. The van der Waals surface area contributed by atoms with Gasteiger partial charge in [-0.15, -0.1) is 11.3 Å². The molecule has 1 aliphatic heterocycles. The van der Waals surface area contributed by atoms with E-state index in [1.165, 1.54) is 17.0 Å². The Kier molecular flexibility index (Phi) is 5.54. The molecule has 6 heteroatoms. The highest BCUT2D eigenvalue weighted by Crippen LogP contribution is 2.19. The number of hydrogen-bond acceptors (Lipinski definition) is 4. The normalized spacial score (nSPS) is 15.6. The van der Waals surface area contributed by atoms with Crippen LogP contribution in [0.25, 0.3) is 0 Å². The van der Waals surface area contributed by atoms with E-state index in [0.29, 0.717) is 6.54 Å². The molecule has 1 amide bonds. The minimum absolute atomic E-state index is 0.0276. The molecule has 0 bridgehead atoms. The van der Waals surface area contributed by atoms with Gasteiger partial charge in [0.25, 0.3) is 5.91 Å². The Balaban J connectivity index is 1.39. The van der Waals surface area contributed by atoms with Crippen molar-refractivity contribution in [2.24, 2.45) is 0 Å². The van der Waals surface area contributed by atoms with Gasteiger partial charge in [0, 0.05) is 50.0 Å². The summed E-state index contributed by atoms with van der Waals surface area (Å²) in [6, 6.07) is 11.8. The SMILES string of the molecule is O=C(NCCN1CCN(c2ccc(Cl)cc2)CC1)c1cccs1. The molecule has 1 aromatic carbocycles. The number of amides is 1. The lowest BCUT2D eigenvalue weighted by atomic mass is 10.2. The molecule has 122 valence electrons. The van der Waals surface area contributed by atoms with Crippen LogP contribution in [0, 0.1) is 0 Å². The Labute approximate surface area is 145 Å². The molecule has 2 aromatic rings. The van der Waals surface area contributed by atoms with Gasteiger partial charge in [-0.25, -0.2) is 0 Å². The number of hydrogen-bond donors (Lipinski definition) is 1. The summed E-state index contributed by atoms with van der Waals surface area (Å²) >= 11 is 7.41. The van der Waals surface area contributed by atoms with Crippen LogP contribution in [0.5, 0.6) is 0 Å². The second-order valence-electron chi connectivity index (χ2n) is 5.54. The van der Waals surface area contributed by atoms with Crippen molar-refractivity contribution in [3.63, 3.8) is 0 Å². The molecule has 0 radical (unpaired) electrons. The van der Waals surface area contributed by atoms with E-state index < -0.39 is 0 Å². The van der Waals surface area contributed by atoms with E-state index in [4.69, 9.17) is 11.6 Å². The number of halogens is 1. The highest BCUT2D eigenvalue weighted by Gasteiger charge is 2.17. The fourth-order valence-corrected chi connectivity index (χ4v) is 3.47. The van der Waals surface area contributed by atoms with Crippen LogP contribution in [0.3, 0.4) is 0 Å². The fraction of sp³-hybridized carbons (Fsp3) is 0.353. The van der Waals surface area contributed by atoms with Crippen molar-refractivity contribution < 1.29 is 4.79 Å². The predicted molar refractivity (Wildman–Crippen MR) is 96.8 cm³/mol. The van der Waals surface area contributed by atoms with Crippen LogP contribution >= 0.6 is 22.9 Å².